The van der Waals surface area contributed by atoms with Crippen LogP contribution < -0.4 is 15.2 Å². The molecule has 0 saturated carbocycles. The van der Waals surface area contributed by atoms with Crippen LogP contribution in [0.4, 0.5) is 16.3 Å². The number of urea groups is 1. The number of amides is 3. The number of hydrogen-bond donors (Lipinski definition) is 1. The number of hydrogen-bond acceptors (Lipinski definition) is 5. The van der Waals surface area contributed by atoms with Crippen molar-refractivity contribution >= 4 is 39.4 Å². The van der Waals surface area contributed by atoms with E-state index in [2.05, 4.69) is 30.8 Å². The maximum atomic E-state index is 14.2. The Kier molecular flexibility index (Phi) is 6.62. The molecule has 4 heterocycles. The number of nitrogens with zero attached hydrogens (tertiary/aromatic N) is 4. The molecular formula is C30H26BrN5O3. The molecule has 2 aliphatic heterocycles. The monoisotopic (exact) mass is 583 g/mol. The van der Waals surface area contributed by atoms with Crippen LogP contribution in [-0.4, -0.2) is 45.4 Å². The highest BCUT2D eigenvalue weighted by Crippen LogP contribution is 2.42. The Balaban J connectivity index is 1.32. The molecule has 1 N–H and O–H groups in total. The second-order valence-electron chi connectivity index (χ2n) is 9.82. The van der Waals surface area contributed by atoms with Gasteiger partial charge in [0, 0.05) is 48.6 Å². The number of H-pyrrole nitrogens is 1. The first-order valence-corrected chi connectivity index (χ1v) is 13.6. The van der Waals surface area contributed by atoms with Crippen LogP contribution in [-0.2, 0) is 11.3 Å². The molecule has 0 bridgehead atoms. The van der Waals surface area contributed by atoms with E-state index in [1.54, 1.807) is 18.3 Å². The fourth-order valence-corrected chi connectivity index (χ4v) is 5.88. The van der Waals surface area contributed by atoms with Crippen molar-refractivity contribution in [3.8, 4) is 11.1 Å². The first-order valence-electron chi connectivity index (χ1n) is 12.8. The van der Waals surface area contributed by atoms with E-state index in [0.717, 1.165) is 21.3 Å². The summed E-state index contributed by atoms with van der Waals surface area (Å²) in [4.78, 5) is 52.9. The second kappa shape index (κ2) is 10.2. The van der Waals surface area contributed by atoms with Crippen LogP contribution in [0.3, 0.4) is 0 Å². The predicted octanol–water partition coefficient (Wildman–Crippen LogP) is 5.21. The molecule has 0 atom stereocenters. The molecule has 0 unspecified atom stereocenters. The van der Waals surface area contributed by atoms with Crippen LogP contribution in [0.1, 0.15) is 18.5 Å². The number of piperidine rings is 1. The number of pyridine rings is 2. The average molecular weight is 584 g/mol. The molecular weight excluding hydrogens is 558 g/mol. The minimum absolute atomic E-state index is 0.234. The lowest BCUT2D eigenvalue weighted by molar-refractivity contribution is -0.123. The second-order valence-corrected chi connectivity index (χ2v) is 10.7. The third-order valence-corrected chi connectivity index (χ3v) is 8.26. The fraction of sp³-hybridized carbons (Fsp3) is 0.200. The highest BCUT2D eigenvalue weighted by atomic mass is 79.9. The smallest absolute Gasteiger partial charge is 0.338 e. The van der Waals surface area contributed by atoms with Crippen LogP contribution in [0.2, 0.25) is 0 Å². The number of aromatic amines is 1. The molecule has 196 valence electrons. The Bertz CT molecular complexity index is 1580. The van der Waals surface area contributed by atoms with Gasteiger partial charge in [-0.15, -0.1) is 0 Å². The zero-order valence-corrected chi connectivity index (χ0v) is 22.7. The Morgan fingerprint density at radius 1 is 0.872 bits per heavy atom. The summed E-state index contributed by atoms with van der Waals surface area (Å²) in [7, 11) is 0. The summed E-state index contributed by atoms with van der Waals surface area (Å²) in [5.41, 5.74) is 2.14. The third kappa shape index (κ3) is 4.57. The lowest BCUT2D eigenvalue weighted by atomic mass is 9.85. The number of halogens is 1. The molecule has 1 spiro atoms. The number of benzene rings is 2. The van der Waals surface area contributed by atoms with Gasteiger partial charge in [-0.1, -0.05) is 42.5 Å². The molecule has 2 aromatic carbocycles. The molecule has 8 nitrogen and oxygen atoms in total. The summed E-state index contributed by atoms with van der Waals surface area (Å²) in [5, 5.41) is 0. The fourth-order valence-electron chi connectivity index (χ4n) is 5.50. The topological polar surface area (TPSA) is 89.6 Å². The van der Waals surface area contributed by atoms with Gasteiger partial charge in [-0.25, -0.2) is 9.69 Å². The van der Waals surface area contributed by atoms with E-state index in [-0.39, 0.29) is 11.3 Å². The van der Waals surface area contributed by atoms with Crippen molar-refractivity contribution < 1.29 is 9.59 Å². The first-order chi connectivity index (χ1) is 19.0. The highest BCUT2D eigenvalue weighted by Gasteiger charge is 2.59. The molecule has 0 radical (unpaired) electrons. The lowest BCUT2D eigenvalue weighted by Crippen LogP contribution is -2.57. The summed E-state index contributed by atoms with van der Waals surface area (Å²) in [6.07, 6.45) is 4.13. The molecule has 2 aromatic heterocycles. The zero-order chi connectivity index (χ0) is 27.0. The van der Waals surface area contributed by atoms with Crippen molar-refractivity contribution in [2.75, 3.05) is 22.9 Å². The summed E-state index contributed by atoms with van der Waals surface area (Å²) in [6, 6.07) is 23.5. The van der Waals surface area contributed by atoms with E-state index >= 15 is 0 Å². The summed E-state index contributed by atoms with van der Waals surface area (Å²) in [6.45, 7) is 1.82. The number of nitrogens with one attached hydrogen (secondary N) is 1. The molecule has 4 aromatic rings. The summed E-state index contributed by atoms with van der Waals surface area (Å²) in [5.74, 6) is 0.0495. The summed E-state index contributed by atoms with van der Waals surface area (Å²) < 4.78 is 0.936. The van der Waals surface area contributed by atoms with Crippen molar-refractivity contribution in [2.45, 2.75) is 24.9 Å². The van der Waals surface area contributed by atoms with E-state index in [1.165, 1.54) is 28.1 Å². The van der Waals surface area contributed by atoms with Crippen LogP contribution in [0, 0.1) is 0 Å². The molecule has 2 fully saturated rings. The lowest BCUT2D eigenvalue weighted by Gasteiger charge is -2.41. The maximum Gasteiger partial charge on any atom is 0.338 e. The molecule has 39 heavy (non-hydrogen) atoms. The quantitative estimate of drug-likeness (QED) is 0.326. The van der Waals surface area contributed by atoms with Gasteiger partial charge in [0.15, 0.2) is 5.43 Å². The Labute approximate surface area is 234 Å². The molecule has 2 saturated heterocycles. The normalized spacial score (nSPS) is 17.3. The van der Waals surface area contributed by atoms with Gasteiger partial charge in [0.1, 0.15) is 11.4 Å². The Morgan fingerprint density at radius 3 is 2.28 bits per heavy atom. The Hall–Kier alpha value is -4.08. The van der Waals surface area contributed by atoms with Gasteiger partial charge < -0.3 is 4.98 Å². The van der Waals surface area contributed by atoms with Crippen molar-refractivity contribution in [3.63, 3.8) is 0 Å². The van der Waals surface area contributed by atoms with E-state index in [9.17, 15) is 14.4 Å². The zero-order valence-electron chi connectivity index (χ0n) is 21.1. The average Bonchev–Trinajstić information content (AvgIpc) is 3.17. The van der Waals surface area contributed by atoms with Gasteiger partial charge in [0.25, 0.3) is 5.91 Å². The van der Waals surface area contributed by atoms with E-state index < -0.39 is 11.6 Å². The molecule has 9 heteroatoms. The van der Waals surface area contributed by atoms with Gasteiger partial charge in [-0.05, 0) is 64.2 Å². The number of rotatable bonds is 5. The van der Waals surface area contributed by atoms with Gasteiger partial charge in [0.05, 0.1) is 11.4 Å². The van der Waals surface area contributed by atoms with Crippen LogP contribution >= 0.6 is 15.9 Å². The Morgan fingerprint density at radius 2 is 1.59 bits per heavy atom. The summed E-state index contributed by atoms with van der Waals surface area (Å²) >= 11 is 3.56. The van der Waals surface area contributed by atoms with Crippen LogP contribution in [0.5, 0.6) is 0 Å². The predicted molar refractivity (Wildman–Crippen MR) is 153 cm³/mol. The van der Waals surface area contributed by atoms with Gasteiger partial charge in [-0.2, -0.15) is 0 Å². The minimum atomic E-state index is -1.10. The SMILES string of the molecule is O=C1N(c2ccc(-c3ccccc3)cc2)C(=O)C2(CCN(Cc3ncccc3Br)CC2)N1c1cc(=O)cc[nH]1. The third-order valence-electron chi connectivity index (χ3n) is 7.53. The molecule has 2 aliphatic rings. The molecule has 6 rings (SSSR count). The number of imide groups is 1. The van der Waals surface area contributed by atoms with Crippen molar-refractivity contribution in [1.82, 2.24) is 14.9 Å². The van der Waals surface area contributed by atoms with E-state index in [0.29, 0.717) is 44.0 Å². The van der Waals surface area contributed by atoms with Crippen LogP contribution in [0.25, 0.3) is 11.1 Å². The molecule has 0 aliphatic carbocycles. The number of anilines is 2. The standard InChI is InChI=1S/C30H26BrN5O3/c31-25-7-4-15-32-26(25)20-34-17-13-30(14-18-34)28(38)35(29(39)36(30)27-19-24(37)12-16-33-27)23-10-8-22(9-11-23)21-5-2-1-3-6-21/h1-12,15-16,19H,13-14,17-18,20H2,(H,33,37). The van der Waals surface area contributed by atoms with Crippen molar-refractivity contribution in [2.24, 2.45) is 0 Å². The molecule has 3 amide bonds. The van der Waals surface area contributed by atoms with Crippen molar-refractivity contribution in [3.05, 3.63) is 112 Å². The number of likely N-dealkylation sites (tertiary alicyclic amines) is 1. The number of carbonyl (C=O) groups excluding carboxylic acids is 2. The van der Waals surface area contributed by atoms with Crippen LogP contribution in [0.15, 0.2) is 101 Å². The minimum Gasteiger partial charge on any atom is -0.348 e. The maximum absolute atomic E-state index is 14.2. The highest BCUT2D eigenvalue weighted by molar-refractivity contribution is 9.10. The van der Waals surface area contributed by atoms with E-state index in [1.807, 2.05) is 54.6 Å². The van der Waals surface area contributed by atoms with Gasteiger partial charge in [0.2, 0.25) is 0 Å². The largest absolute Gasteiger partial charge is 0.348 e. The number of aromatic nitrogens is 2. The first kappa shape index (κ1) is 25.2. The van der Waals surface area contributed by atoms with Gasteiger partial charge in [-0.3, -0.25) is 24.4 Å². The number of carbonyl (C=O) groups is 2. The van der Waals surface area contributed by atoms with Crippen molar-refractivity contribution in [1.29, 1.82) is 0 Å². The van der Waals surface area contributed by atoms with Gasteiger partial charge >= 0.3 is 6.03 Å². The van der Waals surface area contributed by atoms with E-state index in [4.69, 9.17) is 0 Å².